The van der Waals surface area contributed by atoms with Crippen molar-refractivity contribution in [1.82, 2.24) is 15.5 Å². The molecule has 0 aromatic heterocycles. The normalized spacial score (nSPS) is 25.4. The van der Waals surface area contributed by atoms with Crippen LogP contribution < -0.4 is 10.6 Å². The van der Waals surface area contributed by atoms with Gasteiger partial charge < -0.3 is 15.5 Å². The van der Waals surface area contributed by atoms with Gasteiger partial charge in [0, 0.05) is 30.2 Å². The minimum absolute atomic E-state index is 0.0364. The molecule has 0 bridgehead atoms. The van der Waals surface area contributed by atoms with E-state index in [4.69, 9.17) is 0 Å². The molecule has 2 aliphatic heterocycles. The molecule has 0 unspecified atom stereocenters. The Labute approximate surface area is 134 Å². The lowest BCUT2D eigenvalue weighted by atomic mass is 9.79. The van der Waals surface area contributed by atoms with Crippen molar-refractivity contribution >= 4 is 11.8 Å². The Morgan fingerprint density at radius 3 is 1.95 bits per heavy atom. The highest BCUT2D eigenvalue weighted by atomic mass is 16.2. The molecule has 0 atom stereocenters. The van der Waals surface area contributed by atoms with Crippen LogP contribution in [0, 0.1) is 0 Å². The molecule has 126 valence electrons. The third kappa shape index (κ3) is 4.70. The van der Waals surface area contributed by atoms with E-state index in [1.165, 1.54) is 0 Å². The van der Waals surface area contributed by atoms with Crippen LogP contribution in [0.2, 0.25) is 0 Å². The largest absolute Gasteiger partial charge is 0.345 e. The SMILES string of the molecule is CC1(C)CC(NC(=O)C(=O)N2CCCCCC2)CC(C)(C)N1. The van der Waals surface area contributed by atoms with E-state index < -0.39 is 5.91 Å². The van der Waals surface area contributed by atoms with Gasteiger partial charge in [-0.1, -0.05) is 12.8 Å². The number of hydrogen-bond acceptors (Lipinski definition) is 3. The summed E-state index contributed by atoms with van der Waals surface area (Å²) in [5.74, 6) is -0.781. The zero-order valence-corrected chi connectivity index (χ0v) is 14.5. The first kappa shape index (κ1) is 17.3. The smallest absolute Gasteiger partial charge is 0.311 e. The number of nitrogens with one attached hydrogen (secondary N) is 2. The van der Waals surface area contributed by atoms with Crippen LogP contribution in [0.25, 0.3) is 0 Å². The summed E-state index contributed by atoms with van der Waals surface area (Å²) in [6, 6.07) is 0.0506. The molecule has 2 aliphatic rings. The number of carbonyl (C=O) groups excluding carboxylic acids is 2. The maximum absolute atomic E-state index is 12.3. The number of rotatable bonds is 1. The van der Waals surface area contributed by atoms with Crippen molar-refractivity contribution in [2.75, 3.05) is 13.1 Å². The maximum atomic E-state index is 12.3. The van der Waals surface area contributed by atoms with E-state index in [9.17, 15) is 9.59 Å². The average molecular weight is 309 g/mol. The minimum atomic E-state index is -0.430. The second kappa shape index (κ2) is 6.57. The monoisotopic (exact) mass is 309 g/mol. The molecular weight excluding hydrogens is 278 g/mol. The van der Waals surface area contributed by atoms with E-state index in [0.29, 0.717) is 0 Å². The second-order valence-corrected chi connectivity index (χ2v) is 8.18. The minimum Gasteiger partial charge on any atom is -0.345 e. The Morgan fingerprint density at radius 2 is 1.45 bits per heavy atom. The number of carbonyl (C=O) groups is 2. The first-order chi connectivity index (χ1) is 10.2. The summed E-state index contributed by atoms with van der Waals surface area (Å²) in [4.78, 5) is 26.4. The summed E-state index contributed by atoms with van der Waals surface area (Å²) < 4.78 is 0. The van der Waals surface area contributed by atoms with Crippen LogP contribution in [0.5, 0.6) is 0 Å². The fourth-order valence-corrected chi connectivity index (χ4v) is 4.09. The third-order valence-corrected chi connectivity index (χ3v) is 4.61. The van der Waals surface area contributed by atoms with Gasteiger partial charge in [0.15, 0.2) is 0 Å². The number of likely N-dealkylation sites (tertiary alicyclic amines) is 1. The molecule has 0 spiro atoms. The van der Waals surface area contributed by atoms with Gasteiger partial charge in [0.25, 0.3) is 0 Å². The van der Waals surface area contributed by atoms with Crippen LogP contribution in [0.3, 0.4) is 0 Å². The number of hydrogen-bond donors (Lipinski definition) is 2. The molecule has 0 saturated carbocycles. The average Bonchev–Trinajstić information content (AvgIpc) is 2.62. The van der Waals surface area contributed by atoms with Gasteiger partial charge in [-0.15, -0.1) is 0 Å². The van der Waals surface area contributed by atoms with Crippen LogP contribution in [-0.4, -0.2) is 46.9 Å². The zero-order valence-electron chi connectivity index (χ0n) is 14.5. The van der Waals surface area contributed by atoms with Crippen molar-refractivity contribution < 1.29 is 9.59 Å². The summed E-state index contributed by atoms with van der Waals surface area (Å²) in [5.41, 5.74) is -0.0727. The Hall–Kier alpha value is -1.10. The molecule has 2 heterocycles. The maximum Gasteiger partial charge on any atom is 0.311 e. The van der Waals surface area contributed by atoms with E-state index >= 15 is 0 Å². The van der Waals surface area contributed by atoms with E-state index in [1.807, 2.05) is 0 Å². The van der Waals surface area contributed by atoms with Crippen molar-refractivity contribution in [2.45, 2.75) is 83.3 Å². The highest BCUT2D eigenvalue weighted by Gasteiger charge is 2.39. The molecule has 2 fully saturated rings. The molecule has 2 saturated heterocycles. The highest BCUT2D eigenvalue weighted by molar-refractivity contribution is 6.35. The standard InChI is InChI=1S/C17H31N3O2/c1-16(2)11-13(12-17(3,4)19-16)18-14(21)15(22)20-9-7-5-6-8-10-20/h13,19H,5-12H2,1-4H3,(H,18,21). The molecule has 5 nitrogen and oxygen atoms in total. The fourth-order valence-electron chi connectivity index (χ4n) is 4.09. The highest BCUT2D eigenvalue weighted by Crippen LogP contribution is 2.28. The molecule has 2 N–H and O–H groups in total. The van der Waals surface area contributed by atoms with Crippen molar-refractivity contribution in [3.63, 3.8) is 0 Å². The Balaban J connectivity index is 1.94. The van der Waals surface area contributed by atoms with Gasteiger partial charge in [0.05, 0.1) is 0 Å². The van der Waals surface area contributed by atoms with Gasteiger partial charge in [-0.05, 0) is 53.4 Å². The van der Waals surface area contributed by atoms with Crippen LogP contribution in [-0.2, 0) is 9.59 Å². The van der Waals surface area contributed by atoms with Gasteiger partial charge in [0.1, 0.15) is 0 Å². The lowest BCUT2D eigenvalue weighted by molar-refractivity contribution is -0.146. The lowest BCUT2D eigenvalue weighted by Crippen LogP contribution is -2.63. The van der Waals surface area contributed by atoms with Crippen LogP contribution >= 0.6 is 0 Å². The Bertz CT molecular complexity index is 408. The van der Waals surface area contributed by atoms with E-state index in [1.54, 1.807) is 4.90 Å². The van der Waals surface area contributed by atoms with Gasteiger partial charge in [-0.2, -0.15) is 0 Å². The topological polar surface area (TPSA) is 61.4 Å². The first-order valence-electron chi connectivity index (χ1n) is 8.58. The van der Waals surface area contributed by atoms with Crippen LogP contribution in [0.15, 0.2) is 0 Å². The number of amides is 2. The van der Waals surface area contributed by atoms with Crippen LogP contribution in [0.1, 0.15) is 66.2 Å². The van der Waals surface area contributed by atoms with E-state index in [-0.39, 0.29) is 23.0 Å². The van der Waals surface area contributed by atoms with Gasteiger partial charge >= 0.3 is 11.8 Å². The van der Waals surface area contributed by atoms with E-state index in [0.717, 1.165) is 51.6 Å². The van der Waals surface area contributed by atoms with Crippen molar-refractivity contribution in [3.05, 3.63) is 0 Å². The molecular formula is C17H31N3O2. The molecule has 0 aromatic carbocycles. The molecule has 0 aromatic rings. The molecule has 0 aliphatic carbocycles. The number of nitrogens with zero attached hydrogens (tertiary/aromatic N) is 1. The summed E-state index contributed by atoms with van der Waals surface area (Å²) in [6.07, 6.45) is 6.01. The lowest BCUT2D eigenvalue weighted by Gasteiger charge is -2.46. The quantitative estimate of drug-likeness (QED) is 0.726. The predicted octanol–water partition coefficient (Wildman–Crippen LogP) is 1.81. The van der Waals surface area contributed by atoms with Crippen molar-refractivity contribution in [1.29, 1.82) is 0 Å². The molecule has 5 heteroatoms. The summed E-state index contributed by atoms with van der Waals surface area (Å²) in [6.45, 7) is 10.0. The Kier molecular flexibility index (Phi) is 5.15. The zero-order chi connectivity index (χ0) is 16.4. The molecule has 0 radical (unpaired) electrons. The van der Waals surface area contributed by atoms with E-state index in [2.05, 4.69) is 38.3 Å². The molecule has 22 heavy (non-hydrogen) atoms. The summed E-state index contributed by atoms with van der Waals surface area (Å²) in [5, 5.41) is 6.57. The van der Waals surface area contributed by atoms with Crippen molar-refractivity contribution in [2.24, 2.45) is 0 Å². The first-order valence-corrected chi connectivity index (χ1v) is 8.58. The third-order valence-electron chi connectivity index (χ3n) is 4.61. The number of piperidine rings is 1. The van der Waals surface area contributed by atoms with Gasteiger partial charge in [-0.25, -0.2) is 0 Å². The van der Waals surface area contributed by atoms with Gasteiger partial charge in [0.2, 0.25) is 0 Å². The second-order valence-electron chi connectivity index (χ2n) is 8.18. The predicted molar refractivity (Wildman–Crippen MR) is 87.5 cm³/mol. The Morgan fingerprint density at radius 1 is 0.955 bits per heavy atom. The fraction of sp³-hybridized carbons (Fsp3) is 0.882. The molecule has 2 rings (SSSR count). The van der Waals surface area contributed by atoms with Crippen LogP contribution in [0.4, 0.5) is 0 Å². The summed E-state index contributed by atoms with van der Waals surface area (Å²) >= 11 is 0. The van der Waals surface area contributed by atoms with Crippen molar-refractivity contribution in [3.8, 4) is 0 Å². The molecule has 2 amide bonds. The van der Waals surface area contributed by atoms with Gasteiger partial charge in [-0.3, -0.25) is 9.59 Å². The summed E-state index contributed by atoms with van der Waals surface area (Å²) in [7, 11) is 0.